The summed E-state index contributed by atoms with van der Waals surface area (Å²) in [6.45, 7) is 1.76. The van der Waals surface area contributed by atoms with E-state index in [2.05, 4.69) is 31.9 Å². The third-order valence-electron chi connectivity index (χ3n) is 7.53. The number of rotatable bonds is 6. The summed E-state index contributed by atoms with van der Waals surface area (Å²) >= 11 is 13.7. The van der Waals surface area contributed by atoms with Gasteiger partial charge in [-0.2, -0.15) is 5.01 Å². The van der Waals surface area contributed by atoms with Crippen molar-refractivity contribution in [2.75, 3.05) is 0 Å². The number of Topliss-reactive ketones (excluding diaryl/α,β-unsaturated/α-hetero) is 1. The molecule has 5 rings (SSSR count). The molecule has 1 heterocycles. The van der Waals surface area contributed by atoms with Gasteiger partial charge in [0.15, 0.2) is 5.78 Å². The van der Waals surface area contributed by atoms with E-state index in [-0.39, 0.29) is 44.3 Å². The van der Waals surface area contributed by atoms with Crippen molar-refractivity contribution in [2.24, 2.45) is 23.7 Å². The number of imide groups is 1. The molecule has 3 fully saturated rings. The fraction of sp³-hybridized carbons (Fsp3) is 0.385. The van der Waals surface area contributed by atoms with Crippen molar-refractivity contribution >= 4 is 67.0 Å². The number of halogens is 3. The lowest BCUT2D eigenvalue weighted by Crippen LogP contribution is -2.57. The predicted octanol–water partition coefficient (Wildman–Crippen LogP) is 5.14. The molecule has 0 radical (unpaired) electrons. The van der Waals surface area contributed by atoms with E-state index < -0.39 is 35.6 Å². The van der Waals surface area contributed by atoms with Crippen LogP contribution in [0.3, 0.4) is 0 Å². The minimum atomic E-state index is -1.05. The number of hydrazine groups is 1. The van der Waals surface area contributed by atoms with Crippen molar-refractivity contribution < 1.29 is 19.2 Å². The van der Waals surface area contributed by atoms with Crippen molar-refractivity contribution in [3.63, 3.8) is 0 Å². The van der Waals surface area contributed by atoms with Crippen LogP contribution in [0.4, 0.5) is 0 Å². The van der Waals surface area contributed by atoms with E-state index in [9.17, 15) is 19.2 Å². The average Bonchev–Trinajstić information content (AvgIpc) is 3.48. The first-order valence-corrected chi connectivity index (χ1v) is 13.8. The Morgan fingerprint density at radius 1 is 0.971 bits per heavy atom. The van der Waals surface area contributed by atoms with Gasteiger partial charge in [-0.05, 0) is 36.8 Å². The van der Waals surface area contributed by atoms with Crippen molar-refractivity contribution in [2.45, 2.75) is 35.5 Å². The van der Waals surface area contributed by atoms with E-state index in [1.54, 1.807) is 55.5 Å². The molecule has 3 amide bonds. The first-order valence-electron chi connectivity index (χ1n) is 11.6. The van der Waals surface area contributed by atoms with Gasteiger partial charge in [0.1, 0.15) is 6.04 Å². The Labute approximate surface area is 225 Å². The Bertz CT molecular complexity index is 1180. The van der Waals surface area contributed by atoms with E-state index in [0.29, 0.717) is 5.56 Å². The predicted molar refractivity (Wildman–Crippen MR) is 138 cm³/mol. The minimum Gasteiger partial charge on any atom is -0.292 e. The van der Waals surface area contributed by atoms with Gasteiger partial charge in [0.2, 0.25) is 0 Å². The van der Waals surface area contributed by atoms with E-state index in [1.165, 1.54) is 6.07 Å². The lowest BCUT2D eigenvalue weighted by atomic mass is 9.81. The third kappa shape index (κ3) is 3.80. The van der Waals surface area contributed by atoms with E-state index in [1.807, 2.05) is 0 Å². The lowest BCUT2D eigenvalue weighted by Gasteiger charge is -2.36. The molecule has 182 valence electrons. The maximum Gasteiger partial charge on any atom is 0.275 e. The summed E-state index contributed by atoms with van der Waals surface area (Å²) in [6.07, 6.45) is 0.983. The number of carbonyl (C=O) groups is 4. The molecule has 0 N–H and O–H groups in total. The molecule has 2 bridgehead atoms. The van der Waals surface area contributed by atoms with Crippen LogP contribution in [0.25, 0.3) is 0 Å². The van der Waals surface area contributed by atoms with Crippen molar-refractivity contribution in [1.82, 2.24) is 10.0 Å². The zero-order valence-electron chi connectivity index (χ0n) is 18.8. The molecule has 0 spiro atoms. The van der Waals surface area contributed by atoms with Gasteiger partial charge >= 0.3 is 0 Å². The smallest absolute Gasteiger partial charge is 0.275 e. The topological polar surface area (TPSA) is 74.8 Å². The Morgan fingerprint density at radius 3 is 2.06 bits per heavy atom. The van der Waals surface area contributed by atoms with Crippen LogP contribution in [0.1, 0.15) is 40.5 Å². The van der Waals surface area contributed by atoms with E-state index >= 15 is 0 Å². The summed E-state index contributed by atoms with van der Waals surface area (Å²) < 4.78 is 0. The number of alkyl halides is 2. The van der Waals surface area contributed by atoms with Crippen LogP contribution < -0.4 is 0 Å². The molecular weight excluding hydrogens is 600 g/mol. The molecule has 35 heavy (non-hydrogen) atoms. The summed E-state index contributed by atoms with van der Waals surface area (Å²) in [5.74, 6) is -2.89. The molecule has 2 aliphatic carbocycles. The van der Waals surface area contributed by atoms with Crippen LogP contribution in [-0.2, 0) is 9.59 Å². The molecule has 3 aliphatic rings. The molecule has 1 aliphatic heterocycles. The van der Waals surface area contributed by atoms with Gasteiger partial charge in [-0.3, -0.25) is 19.2 Å². The fourth-order valence-electron chi connectivity index (χ4n) is 5.94. The summed E-state index contributed by atoms with van der Waals surface area (Å²) in [6, 6.07) is 14.0. The highest BCUT2D eigenvalue weighted by atomic mass is 79.9. The second-order valence-corrected chi connectivity index (χ2v) is 11.8. The minimum absolute atomic E-state index is 0.0157. The van der Waals surface area contributed by atoms with Gasteiger partial charge in [-0.1, -0.05) is 92.8 Å². The molecule has 0 unspecified atom stereocenters. The Morgan fingerprint density at radius 2 is 1.51 bits per heavy atom. The first-order chi connectivity index (χ1) is 16.8. The van der Waals surface area contributed by atoms with Gasteiger partial charge in [-0.15, -0.1) is 0 Å². The normalized spacial score (nSPS) is 29.9. The average molecular weight is 623 g/mol. The zero-order chi connectivity index (χ0) is 25.0. The number of hydrogen-bond acceptors (Lipinski definition) is 4. The SMILES string of the molecule is CC[C@H](C(=O)c1ccccc1)N(C(=O)c1ccccc1Cl)N1C(=O)[C@@H]2[C@H]3C[C@@H]([C@H](Br)[C@@H]3Br)[C@@H]2C1=O. The molecule has 6 nitrogen and oxygen atoms in total. The first kappa shape index (κ1) is 24.7. The highest BCUT2D eigenvalue weighted by Gasteiger charge is 2.68. The van der Waals surface area contributed by atoms with Gasteiger partial charge in [0.25, 0.3) is 17.7 Å². The monoisotopic (exact) mass is 620 g/mol. The maximum atomic E-state index is 13.9. The number of fused-ring (bicyclic) bond motifs is 5. The highest BCUT2D eigenvalue weighted by molar-refractivity contribution is 9.12. The fourth-order valence-corrected chi connectivity index (χ4v) is 8.03. The molecular formula is C26H23Br2ClN2O4. The molecule has 0 aromatic heterocycles. The van der Waals surface area contributed by atoms with Crippen molar-refractivity contribution in [3.05, 3.63) is 70.7 Å². The Hall–Kier alpha value is -2.03. The molecule has 1 saturated heterocycles. The van der Waals surface area contributed by atoms with Crippen LogP contribution in [0.5, 0.6) is 0 Å². The number of nitrogens with zero attached hydrogens (tertiary/aromatic N) is 2. The number of hydrogen-bond donors (Lipinski definition) is 0. The van der Waals surface area contributed by atoms with Gasteiger partial charge in [0, 0.05) is 15.2 Å². The number of benzene rings is 2. The Kier molecular flexibility index (Phi) is 6.66. The second kappa shape index (κ2) is 9.45. The standard InChI is InChI=1S/C26H23Br2ClN2O4/c1-2-18(23(32)13-8-4-3-5-9-13)30(24(33)14-10-6-7-11-17(14)29)31-25(34)19-15-12-16(20(19)26(31)35)22(28)21(15)27/h3-11,15-16,18-22H,2,12H2,1H3/t15-,16-,18-,19-,20+,21-,22+/m1/s1. The van der Waals surface area contributed by atoms with Crippen LogP contribution in [0, 0.1) is 23.7 Å². The van der Waals surface area contributed by atoms with E-state index in [0.717, 1.165) is 16.4 Å². The van der Waals surface area contributed by atoms with Crippen LogP contribution in [0.2, 0.25) is 5.02 Å². The Balaban J connectivity index is 1.60. The highest BCUT2D eigenvalue weighted by Crippen LogP contribution is 2.60. The second-order valence-electron chi connectivity index (χ2n) is 9.28. The number of ketones is 1. The maximum absolute atomic E-state index is 13.9. The molecule has 7 atom stereocenters. The number of amides is 3. The van der Waals surface area contributed by atoms with Crippen molar-refractivity contribution in [1.29, 1.82) is 0 Å². The van der Waals surface area contributed by atoms with E-state index in [4.69, 9.17) is 11.6 Å². The molecule has 2 saturated carbocycles. The van der Waals surface area contributed by atoms with Crippen LogP contribution in [0.15, 0.2) is 54.6 Å². The molecule has 2 aromatic rings. The van der Waals surface area contributed by atoms with Crippen LogP contribution >= 0.6 is 43.5 Å². The molecule has 2 aromatic carbocycles. The summed E-state index contributed by atoms with van der Waals surface area (Å²) in [5.41, 5.74) is 0.530. The third-order valence-corrected chi connectivity index (χ3v) is 11.1. The lowest BCUT2D eigenvalue weighted by molar-refractivity contribution is -0.157. The quantitative estimate of drug-likeness (QED) is 0.254. The summed E-state index contributed by atoms with van der Waals surface area (Å²) in [7, 11) is 0. The summed E-state index contributed by atoms with van der Waals surface area (Å²) in [4.78, 5) is 55.3. The largest absolute Gasteiger partial charge is 0.292 e. The number of carbonyl (C=O) groups excluding carboxylic acids is 4. The van der Waals surface area contributed by atoms with Crippen molar-refractivity contribution in [3.8, 4) is 0 Å². The summed E-state index contributed by atoms with van der Waals surface area (Å²) in [5, 5.41) is 2.22. The molecule has 9 heteroatoms. The van der Waals surface area contributed by atoms with Gasteiger partial charge in [0.05, 0.1) is 22.4 Å². The zero-order valence-corrected chi connectivity index (χ0v) is 22.7. The van der Waals surface area contributed by atoms with Crippen LogP contribution in [-0.4, -0.2) is 49.2 Å². The van der Waals surface area contributed by atoms with Gasteiger partial charge < -0.3 is 0 Å². The van der Waals surface area contributed by atoms with Gasteiger partial charge in [-0.25, -0.2) is 5.01 Å².